The van der Waals surface area contributed by atoms with Gasteiger partial charge in [-0.3, -0.25) is 0 Å². The van der Waals surface area contributed by atoms with Gasteiger partial charge in [0.2, 0.25) is 0 Å². The molecule has 7 heteroatoms. The van der Waals surface area contributed by atoms with Crippen LogP contribution in [0.1, 0.15) is 41.1 Å². The number of hydrogen-bond acceptors (Lipinski definition) is 6. The maximum Gasteiger partial charge on any atom is 0.347 e. The molecular formula is C13H16N2O3S2. The second kappa shape index (κ2) is 5.59. The Balaban J connectivity index is 2.40. The molecule has 0 saturated carbocycles. The molecule has 2 aromatic heterocycles. The Morgan fingerprint density at radius 2 is 2.10 bits per heavy atom. The van der Waals surface area contributed by atoms with Gasteiger partial charge in [0.25, 0.3) is 0 Å². The minimum absolute atomic E-state index is 0.0227. The van der Waals surface area contributed by atoms with Gasteiger partial charge in [0.05, 0.1) is 17.3 Å². The van der Waals surface area contributed by atoms with E-state index < -0.39 is 5.97 Å². The highest BCUT2D eigenvalue weighted by Gasteiger charge is 2.22. The van der Waals surface area contributed by atoms with Gasteiger partial charge in [-0.05, 0) is 0 Å². The van der Waals surface area contributed by atoms with E-state index in [1.165, 1.54) is 7.11 Å². The molecule has 1 N–H and O–H groups in total. The molecule has 0 aliphatic heterocycles. The molecule has 0 aliphatic rings. The second-order valence-electron chi connectivity index (χ2n) is 5.32. The van der Waals surface area contributed by atoms with E-state index in [1.54, 1.807) is 11.3 Å². The number of thiazole rings is 2. The molecular weight excluding hydrogens is 296 g/mol. The molecule has 0 bridgehead atoms. The van der Waals surface area contributed by atoms with Crippen molar-refractivity contribution < 1.29 is 14.6 Å². The Bertz CT molecular complexity index is 626. The highest BCUT2D eigenvalue weighted by Crippen LogP contribution is 2.33. The Kier molecular flexibility index (Phi) is 4.22. The SMILES string of the molecule is COCc1nc(-c2csc(C(C)(C)C)n2)sc1C(=O)O. The molecule has 20 heavy (non-hydrogen) atoms. The Morgan fingerprint density at radius 3 is 2.60 bits per heavy atom. The fraction of sp³-hybridized carbons (Fsp3) is 0.462. The fourth-order valence-electron chi connectivity index (χ4n) is 1.58. The lowest BCUT2D eigenvalue weighted by Crippen LogP contribution is -2.10. The first-order chi connectivity index (χ1) is 9.32. The fourth-order valence-corrected chi connectivity index (χ4v) is 3.41. The zero-order valence-corrected chi connectivity index (χ0v) is 13.4. The minimum atomic E-state index is -0.980. The highest BCUT2D eigenvalue weighted by atomic mass is 32.1. The lowest BCUT2D eigenvalue weighted by molar-refractivity contribution is 0.0697. The first-order valence-corrected chi connectivity index (χ1v) is 7.71. The molecule has 2 aromatic rings. The van der Waals surface area contributed by atoms with Gasteiger partial charge in [0.1, 0.15) is 15.6 Å². The summed E-state index contributed by atoms with van der Waals surface area (Å²) in [6.45, 7) is 6.47. The maximum atomic E-state index is 11.2. The monoisotopic (exact) mass is 312 g/mol. The third-order valence-electron chi connectivity index (χ3n) is 2.54. The van der Waals surface area contributed by atoms with Gasteiger partial charge < -0.3 is 9.84 Å². The highest BCUT2D eigenvalue weighted by molar-refractivity contribution is 7.17. The molecule has 5 nitrogen and oxygen atoms in total. The van der Waals surface area contributed by atoms with Crippen LogP contribution in [0, 0.1) is 0 Å². The van der Waals surface area contributed by atoms with E-state index in [1.807, 2.05) is 5.38 Å². The van der Waals surface area contributed by atoms with Crippen LogP contribution < -0.4 is 0 Å². The second-order valence-corrected chi connectivity index (χ2v) is 7.18. The maximum absolute atomic E-state index is 11.2. The van der Waals surface area contributed by atoms with Crippen molar-refractivity contribution in [3.8, 4) is 10.7 Å². The molecule has 0 amide bonds. The number of ether oxygens (including phenoxy) is 1. The van der Waals surface area contributed by atoms with Crippen LogP contribution in [0.15, 0.2) is 5.38 Å². The van der Waals surface area contributed by atoms with Crippen molar-refractivity contribution in [1.82, 2.24) is 9.97 Å². The van der Waals surface area contributed by atoms with E-state index in [4.69, 9.17) is 4.74 Å². The van der Waals surface area contributed by atoms with Crippen LogP contribution in [0.2, 0.25) is 0 Å². The summed E-state index contributed by atoms with van der Waals surface area (Å²) < 4.78 is 4.99. The molecule has 2 heterocycles. The van der Waals surface area contributed by atoms with E-state index in [9.17, 15) is 9.90 Å². The third kappa shape index (κ3) is 3.05. The number of aromatic carboxylic acids is 1. The molecule has 2 rings (SSSR count). The number of carboxylic acid groups (broad SMARTS) is 1. The number of nitrogens with zero attached hydrogens (tertiary/aromatic N) is 2. The van der Waals surface area contributed by atoms with Crippen LogP contribution in [0.25, 0.3) is 10.7 Å². The normalized spacial score (nSPS) is 11.8. The molecule has 0 unspecified atom stereocenters. The molecule has 0 radical (unpaired) electrons. The van der Waals surface area contributed by atoms with Crippen LogP contribution in [-0.4, -0.2) is 28.2 Å². The Hall–Kier alpha value is -1.31. The van der Waals surface area contributed by atoms with E-state index in [0.717, 1.165) is 22.0 Å². The van der Waals surface area contributed by atoms with Gasteiger partial charge in [0, 0.05) is 17.9 Å². The average Bonchev–Trinajstić information content (AvgIpc) is 2.93. The van der Waals surface area contributed by atoms with Gasteiger partial charge in [-0.15, -0.1) is 22.7 Å². The van der Waals surface area contributed by atoms with Crippen molar-refractivity contribution in [1.29, 1.82) is 0 Å². The summed E-state index contributed by atoms with van der Waals surface area (Å²) in [5.41, 5.74) is 1.16. The molecule has 0 aliphatic carbocycles. The van der Waals surface area contributed by atoms with E-state index in [-0.39, 0.29) is 16.9 Å². The first-order valence-electron chi connectivity index (χ1n) is 6.01. The molecule has 0 fully saturated rings. The summed E-state index contributed by atoms with van der Waals surface area (Å²) in [6.07, 6.45) is 0. The van der Waals surface area contributed by atoms with Gasteiger partial charge in [-0.1, -0.05) is 20.8 Å². The predicted molar refractivity (Wildman–Crippen MR) is 79.6 cm³/mol. The summed E-state index contributed by atoms with van der Waals surface area (Å²) in [7, 11) is 1.52. The summed E-state index contributed by atoms with van der Waals surface area (Å²) in [6, 6.07) is 0. The summed E-state index contributed by atoms with van der Waals surface area (Å²) in [5, 5.41) is 12.7. The smallest absolute Gasteiger partial charge is 0.347 e. The van der Waals surface area contributed by atoms with Gasteiger partial charge in [0.15, 0.2) is 0 Å². The van der Waals surface area contributed by atoms with Crippen molar-refractivity contribution in [3.05, 3.63) is 21.0 Å². The molecule has 108 valence electrons. The van der Waals surface area contributed by atoms with Gasteiger partial charge in [-0.2, -0.15) is 0 Å². The number of carboxylic acids is 1. The standard InChI is InChI=1S/C13H16N2O3S2/c1-13(2,3)12-15-8(6-19-12)10-14-7(5-18-4)9(20-10)11(16)17/h6H,5H2,1-4H3,(H,16,17). The third-order valence-corrected chi connectivity index (χ3v) is 4.91. The van der Waals surface area contributed by atoms with Crippen molar-refractivity contribution >= 4 is 28.6 Å². The number of methoxy groups -OCH3 is 1. The van der Waals surface area contributed by atoms with Gasteiger partial charge >= 0.3 is 5.97 Å². The molecule has 0 spiro atoms. The van der Waals surface area contributed by atoms with E-state index in [0.29, 0.717) is 10.7 Å². The largest absolute Gasteiger partial charge is 0.477 e. The number of rotatable bonds is 4. The Labute approximate surface area is 125 Å². The van der Waals surface area contributed by atoms with Crippen molar-refractivity contribution in [2.75, 3.05) is 7.11 Å². The van der Waals surface area contributed by atoms with Crippen LogP contribution in [0.4, 0.5) is 0 Å². The Morgan fingerprint density at radius 1 is 1.40 bits per heavy atom. The summed E-state index contributed by atoms with van der Waals surface area (Å²) in [5.74, 6) is -0.980. The van der Waals surface area contributed by atoms with Crippen molar-refractivity contribution in [3.63, 3.8) is 0 Å². The van der Waals surface area contributed by atoms with Crippen LogP contribution >= 0.6 is 22.7 Å². The van der Waals surface area contributed by atoms with Crippen LogP contribution in [-0.2, 0) is 16.8 Å². The predicted octanol–water partition coefficient (Wildman–Crippen LogP) is 3.41. The quantitative estimate of drug-likeness (QED) is 0.936. The molecule has 0 saturated heterocycles. The molecule has 0 atom stereocenters. The van der Waals surface area contributed by atoms with Gasteiger partial charge in [-0.25, -0.2) is 14.8 Å². The average molecular weight is 312 g/mol. The topological polar surface area (TPSA) is 72.3 Å². The number of aromatic nitrogens is 2. The van der Waals surface area contributed by atoms with Crippen LogP contribution in [0.5, 0.6) is 0 Å². The van der Waals surface area contributed by atoms with Crippen molar-refractivity contribution in [2.24, 2.45) is 0 Å². The first kappa shape index (κ1) is 15.1. The van der Waals surface area contributed by atoms with Crippen LogP contribution in [0.3, 0.4) is 0 Å². The van der Waals surface area contributed by atoms with Crippen molar-refractivity contribution in [2.45, 2.75) is 32.8 Å². The molecule has 0 aromatic carbocycles. The lowest BCUT2D eigenvalue weighted by atomic mass is 9.98. The number of carbonyl (C=O) groups is 1. The van der Waals surface area contributed by atoms with E-state index >= 15 is 0 Å². The zero-order valence-electron chi connectivity index (χ0n) is 11.8. The van der Waals surface area contributed by atoms with E-state index in [2.05, 4.69) is 30.7 Å². The number of hydrogen-bond donors (Lipinski definition) is 1. The zero-order chi connectivity index (χ0) is 14.9. The summed E-state index contributed by atoms with van der Waals surface area (Å²) >= 11 is 2.70. The summed E-state index contributed by atoms with van der Waals surface area (Å²) in [4.78, 5) is 20.3. The lowest BCUT2D eigenvalue weighted by Gasteiger charge is -2.13. The minimum Gasteiger partial charge on any atom is -0.477 e.